The van der Waals surface area contributed by atoms with Crippen LogP contribution in [0.3, 0.4) is 0 Å². The van der Waals surface area contributed by atoms with Gasteiger partial charge >= 0.3 is 0 Å². The second-order valence-corrected chi connectivity index (χ2v) is 4.99. The molecule has 24 heavy (non-hydrogen) atoms. The fourth-order valence-corrected chi connectivity index (χ4v) is 2.04. The lowest BCUT2D eigenvalue weighted by molar-refractivity contribution is 0.104. The van der Waals surface area contributed by atoms with Gasteiger partial charge in [-0.1, -0.05) is 12.1 Å². The van der Waals surface area contributed by atoms with E-state index in [0.717, 1.165) is 0 Å². The van der Waals surface area contributed by atoms with E-state index < -0.39 is 0 Å². The predicted molar refractivity (Wildman–Crippen MR) is 91.8 cm³/mol. The Balaban J connectivity index is 1.99. The van der Waals surface area contributed by atoms with Crippen LogP contribution in [0.1, 0.15) is 15.9 Å². The van der Waals surface area contributed by atoms with Crippen molar-refractivity contribution in [1.82, 2.24) is 0 Å². The molecule has 2 rings (SSSR count). The van der Waals surface area contributed by atoms with Crippen molar-refractivity contribution in [3.63, 3.8) is 0 Å². The molecule has 0 spiro atoms. The molecule has 2 aromatic carbocycles. The first kappa shape index (κ1) is 17.6. The zero-order chi connectivity index (χ0) is 17.4. The summed E-state index contributed by atoms with van der Waals surface area (Å²) in [6, 6.07) is 11.8. The van der Waals surface area contributed by atoms with Crippen LogP contribution in [-0.2, 0) is 4.74 Å². The van der Waals surface area contributed by atoms with Crippen molar-refractivity contribution in [3.05, 3.63) is 59.7 Å². The molecule has 0 atom stereocenters. The second-order valence-electron chi connectivity index (χ2n) is 4.99. The van der Waals surface area contributed by atoms with Gasteiger partial charge in [0.1, 0.15) is 12.4 Å². The average molecular weight is 328 g/mol. The molecule has 5 heteroatoms. The zero-order valence-electron chi connectivity index (χ0n) is 13.7. The van der Waals surface area contributed by atoms with Crippen LogP contribution >= 0.6 is 0 Å². The van der Waals surface area contributed by atoms with Crippen LogP contribution in [0.5, 0.6) is 17.2 Å². The SMILES string of the molecule is COCCOc1ccc(C(=O)/C=C/c2ccc(OC)c(O)c2)cc1. The van der Waals surface area contributed by atoms with Crippen molar-refractivity contribution in [2.24, 2.45) is 0 Å². The Labute approximate surface area is 141 Å². The minimum atomic E-state index is -0.131. The third kappa shape index (κ3) is 4.86. The largest absolute Gasteiger partial charge is 0.504 e. The standard InChI is InChI=1S/C19H20O5/c1-22-11-12-24-16-7-5-15(6-8-16)17(20)9-3-14-4-10-19(23-2)18(21)13-14/h3-10,13,21H,11-12H2,1-2H3/b9-3+. The van der Waals surface area contributed by atoms with Crippen molar-refractivity contribution in [2.45, 2.75) is 0 Å². The van der Waals surface area contributed by atoms with E-state index in [-0.39, 0.29) is 11.5 Å². The number of allylic oxidation sites excluding steroid dienone is 1. The molecule has 2 aromatic rings. The summed E-state index contributed by atoms with van der Waals surface area (Å²) in [5.41, 5.74) is 1.27. The molecule has 0 radical (unpaired) electrons. The van der Waals surface area contributed by atoms with E-state index >= 15 is 0 Å². The van der Waals surface area contributed by atoms with Crippen LogP contribution in [0.15, 0.2) is 48.5 Å². The highest BCUT2D eigenvalue weighted by Crippen LogP contribution is 2.26. The molecule has 0 heterocycles. The van der Waals surface area contributed by atoms with Crippen molar-refractivity contribution < 1.29 is 24.1 Å². The number of ketones is 1. The van der Waals surface area contributed by atoms with E-state index in [1.54, 1.807) is 49.6 Å². The number of hydrogen-bond acceptors (Lipinski definition) is 5. The molecule has 0 amide bonds. The number of phenolic OH excluding ortho intramolecular Hbond substituents is 1. The highest BCUT2D eigenvalue weighted by molar-refractivity contribution is 6.06. The quantitative estimate of drug-likeness (QED) is 0.457. The van der Waals surface area contributed by atoms with E-state index in [4.69, 9.17) is 14.2 Å². The predicted octanol–water partition coefficient (Wildman–Crippen LogP) is 3.32. The first-order valence-electron chi connectivity index (χ1n) is 7.45. The van der Waals surface area contributed by atoms with Gasteiger partial charge in [0.15, 0.2) is 17.3 Å². The van der Waals surface area contributed by atoms with Gasteiger partial charge in [-0.2, -0.15) is 0 Å². The number of aromatic hydroxyl groups is 1. The van der Waals surface area contributed by atoms with Crippen molar-refractivity contribution in [2.75, 3.05) is 27.4 Å². The molecule has 0 bridgehead atoms. The molecule has 126 valence electrons. The van der Waals surface area contributed by atoms with E-state index in [9.17, 15) is 9.90 Å². The van der Waals surface area contributed by atoms with E-state index in [0.29, 0.717) is 35.8 Å². The van der Waals surface area contributed by atoms with E-state index in [1.807, 2.05) is 0 Å². The molecule has 5 nitrogen and oxygen atoms in total. The monoisotopic (exact) mass is 328 g/mol. The van der Waals surface area contributed by atoms with Gasteiger partial charge in [-0.25, -0.2) is 0 Å². The Morgan fingerprint density at radius 1 is 1.08 bits per heavy atom. The highest BCUT2D eigenvalue weighted by Gasteiger charge is 2.04. The molecular formula is C19H20O5. The van der Waals surface area contributed by atoms with Gasteiger partial charge in [-0.05, 0) is 48.0 Å². The third-order valence-electron chi connectivity index (χ3n) is 3.33. The van der Waals surface area contributed by atoms with Crippen LogP contribution in [0.4, 0.5) is 0 Å². The molecule has 0 saturated carbocycles. The molecule has 0 unspecified atom stereocenters. The molecular weight excluding hydrogens is 308 g/mol. The fraction of sp³-hybridized carbons (Fsp3) is 0.211. The van der Waals surface area contributed by atoms with Crippen molar-refractivity contribution in [3.8, 4) is 17.2 Å². The number of phenols is 1. The number of methoxy groups -OCH3 is 2. The Kier molecular flexibility index (Phi) is 6.40. The third-order valence-corrected chi connectivity index (χ3v) is 3.33. The van der Waals surface area contributed by atoms with Crippen molar-refractivity contribution >= 4 is 11.9 Å². The minimum Gasteiger partial charge on any atom is -0.504 e. The summed E-state index contributed by atoms with van der Waals surface area (Å²) < 4.78 is 15.3. The van der Waals surface area contributed by atoms with Gasteiger partial charge in [0.05, 0.1) is 13.7 Å². The Bertz CT molecular complexity index is 704. The number of hydrogen-bond donors (Lipinski definition) is 1. The summed E-state index contributed by atoms with van der Waals surface area (Å²) in [5.74, 6) is 0.980. The maximum absolute atomic E-state index is 12.2. The molecule has 0 fully saturated rings. The normalized spacial score (nSPS) is 10.8. The maximum atomic E-state index is 12.2. The molecule has 0 aliphatic carbocycles. The summed E-state index contributed by atoms with van der Waals surface area (Å²) in [6.45, 7) is 0.975. The summed E-state index contributed by atoms with van der Waals surface area (Å²) in [4.78, 5) is 12.2. The Hall–Kier alpha value is -2.79. The fourth-order valence-electron chi connectivity index (χ4n) is 2.04. The summed E-state index contributed by atoms with van der Waals surface area (Å²) in [6.07, 6.45) is 3.10. The lowest BCUT2D eigenvalue weighted by atomic mass is 10.1. The van der Waals surface area contributed by atoms with Crippen LogP contribution in [-0.4, -0.2) is 38.3 Å². The van der Waals surface area contributed by atoms with Gasteiger partial charge in [0.2, 0.25) is 0 Å². The number of rotatable bonds is 8. The van der Waals surface area contributed by atoms with E-state index in [1.165, 1.54) is 19.3 Å². The number of ether oxygens (including phenoxy) is 3. The maximum Gasteiger partial charge on any atom is 0.185 e. The number of carbonyl (C=O) groups is 1. The Morgan fingerprint density at radius 2 is 1.83 bits per heavy atom. The van der Waals surface area contributed by atoms with Crippen LogP contribution < -0.4 is 9.47 Å². The molecule has 1 N–H and O–H groups in total. The number of carbonyl (C=O) groups excluding carboxylic acids is 1. The van der Waals surface area contributed by atoms with Crippen LogP contribution in [0.2, 0.25) is 0 Å². The van der Waals surface area contributed by atoms with E-state index in [2.05, 4.69) is 0 Å². The average Bonchev–Trinajstić information content (AvgIpc) is 2.60. The van der Waals surface area contributed by atoms with Gasteiger partial charge in [0.25, 0.3) is 0 Å². The Morgan fingerprint density at radius 3 is 2.46 bits per heavy atom. The first-order chi connectivity index (χ1) is 11.6. The minimum absolute atomic E-state index is 0.0321. The summed E-state index contributed by atoms with van der Waals surface area (Å²) in [5, 5.41) is 9.73. The topological polar surface area (TPSA) is 65.0 Å². The molecule has 0 aliphatic heterocycles. The lowest BCUT2D eigenvalue weighted by Crippen LogP contribution is -2.04. The van der Waals surface area contributed by atoms with Gasteiger partial charge in [0, 0.05) is 12.7 Å². The second kappa shape index (κ2) is 8.74. The van der Waals surface area contributed by atoms with Crippen LogP contribution in [0.25, 0.3) is 6.08 Å². The zero-order valence-corrected chi connectivity index (χ0v) is 13.7. The number of benzene rings is 2. The van der Waals surface area contributed by atoms with Gasteiger partial charge in [-0.3, -0.25) is 4.79 Å². The van der Waals surface area contributed by atoms with Gasteiger partial charge < -0.3 is 19.3 Å². The summed E-state index contributed by atoms with van der Waals surface area (Å²) >= 11 is 0. The molecule has 0 aliphatic rings. The highest BCUT2D eigenvalue weighted by atomic mass is 16.5. The van der Waals surface area contributed by atoms with Crippen molar-refractivity contribution in [1.29, 1.82) is 0 Å². The molecule has 0 saturated heterocycles. The van der Waals surface area contributed by atoms with Crippen LogP contribution in [0, 0.1) is 0 Å². The lowest BCUT2D eigenvalue weighted by Gasteiger charge is -2.05. The molecule has 0 aromatic heterocycles. The smallest absolute Gasteiger partial charge is 0.185 e. The first-order valence-corrected chi connectivity index (χ1v) is 7.45. The van der Waals surface area contributed by atoms with Gasteiger partial charge in [-0.15, -0.1) is 0 Å². The summed E-state index contributed by atoms with van der Waals surface area (Å²) in [7, 11) is 3.09.